The second-order valence-corrected chi connectivity index (χ2v) is 6.37. The van der Waals surface area contributed by atoms with Gasteiger partial charge in [-0.15, -0.1) is 0 Å². The van der Waals surface area contributed by atoms with Crippen LogP contribution in [0.3, 0.4) is 0 Å². The van der Waals surface area contributed by atoms with Gasteiger partial charge in [0.2, 0.25) is 0 Å². The number of hydrogen-bond acceptors (Lipinski definition) is 3. The molecule has 0 bridgehead atoms. The lowest BCUT2D eigenvalue weighted by Gasteiger charge is -2.22. The van der Waals surface area contributed by atoms with E-state index in [1.807, 2.05) is 30.0 Å². The SMILES string of the molecule is NNC(Cc1cccc(Cl)c1Cl)C1CCCS1. The number of halogens is 2. The Kier molecular flexibility index (Phi) is 5.00. The van der Waals surface area contributed by atoms with Crippen LogP contribution < -0.4 is 11.3 Å². The summed E-state index contributed by atoms with van der Waals surface area (Å²) in [6.45, 7) is 0. The molecular weight excluding hydrogens is 275 g/mol. The summed E-state index contributed by atoms with van der Waals surface area (Å²) >= 11 is 14.2. The van der Waals surface area contributed by atoms with Gasteiger partial charge in [-0.2, -0.15) is 11.8 Å². The number of thioether (sulfide) groups is 1. The van der Waals surface area contributed by atoms with Gasteiger partial charge in [0, 0.05) is 11.3 Å². The summed E-state index contributed by atoms with van der Waals surface area (Å²) in [4.78, 5) is 0. The van der Waals surface area contributed by atoms with Crippen molar-refractivity contribution < 1.29 is 0 Å². The second-order valence-electron chi connectivity index (χ2n) is 4.24. The number of hydrazine groups is 1. The van der Waals surface area contributed by atoms with Gasteiger partial charge in [0.25, 0.3) is 0 Å². The smallest absolute Gasteiger partial charge is 0.0624 e. The van der Waals surface area contributed by atoms with E-state index in [4.69, 9.17) is 29.0 Å². The highest BCUT2D eigenvalue weighted by Crippen LogP contribution is 2.32. The van der Waals surface area contributed by atoms with Crippen LogP contribution in [0.25, 0.3) is 0 Å². The van der Waals surface area contributed by atoms with Crippen molar-refractivity contribution >= 4 is 35.0 Å². The quantitative estimate of drug-likeness (QED) is 0.660. The third-order valence-electron chi connectivity index (χ3n) is 3.10. The molecule has 1 saturated heterocycles. The van der Waals surface area contributed by atoms with Crippen molar-refractivity contribution in [2.24, 2.45) is 5.84 Å². The maximum Gasteiger partial charge on any atom is 0.0624 e. The Labute approximate surface area is 116 Å². The highest BCUT2D eigenvalue weighted by Gasteiger charge is 2.25. The molecular formula is C12H16Cl2N2S. The molecule has 17 heavy (non-hydrogen) atoms. The molecule has 2 unspecified atom stereocenters. The molecule has 0 aliphatic carbocycles. The van der Waals surface area contributed by atoms with Gasteiger partial charge in [-0.25, -0.2) is 0 Å². The maximum atomic E-state index is 6.19. The van der Waals surface area contributed by atoms with E-state index < -0.39 is 0 Å². The predicted molar refractivity (Wildman–Crippen MR) is 76.8 cm³/mol. The van der Waals surface area contributed by atoms with Gasteiger partial charge in [-0.3, -0.25) is 11.3 Å². The first kappa shape index (κ1) is 13.5. The highest BCUT2D eigenvalue weighted by atomic mass is 35.5. The summed E-state index contributed by atoms with van der Waals surface area (Å²) in [5.74, 6) is 6.88. The molecule has 1 aliphatic rings. The van der Waals surface area contributed by atoms with E-state index >= 15 is 0 Å². The molecule has 1 fully saturated rings. The third kappa shape index (κ3) is 3.30. The molecule has 1 heterocycles. The van der Waals surface area contributed by atoms with Gasteiger partial charge in [0.05, 0.1) is 10.0 Å². The minimum atomic E-state index is 0.262. The normalized spacial score (nSPS) is 21.7. The lowest BCUT2D eigenvalue weighted by atomic mass is 10.0. The molecule has 0 aromatic heterocycles. The number of rotatable bonds is 4. The van der Waals surface area contributed by atoms with Gasteiger partial charge >= 0.3 is 0 Å². The summed E-state index contributed by atoms with van der Waals surface area (Å²) in [6, 6.07) is 6.01. The van der Waals surface area contributed by atoms with Crippen LogP contribution in [0.2, 0.25) is 10.0 Å². The van der Waals surface area contributed by atoms with Crippen molar-refractivity contribution in [1.82, 2.24) is 5.43 Å². The predicted octanol–water partition coefficient (Wildman–Crippen LogP) is 3.26. The summed E-state index contributed by atoms with van der Waals surface area (Å²) in [5, 5.41) is 1.84. The van der Waals surface area contributed by atoms with Crippen molar-refractivity contribution in [3.8, 4) is 0 Å². The number of benzene rings is 1. The van der Waals surface area contributed by atoms with E-state index in [1.165, 1.54) is 18.6 Å². The molecule has 1 aliphatic heterocycles. The lowest BCUT2D eigenvalue weighted by Crippen LogP contribution is -2.43. The van der Waals surface area contributed by atoms with Crippen LogP contribution in [-0.2, 0) is 6.42 Å². The minimum Gasteiger partial charge on any atom is -0.271 e. The van der Waals surface area contributed by atoms with Crippen LogP contribution >= 0.6 is 35.0 Å². The maximum absolute atomic E-state index is 6.19. The zero-order valence-corrected chi connectivity index (χ0v) is 11.8. The molecule has 2 atom stereocenters. The molecule has 2 nitrogen and oxygen atoms in total. The summed E-state index contributed by atoms with van der Waals surface area (Å²) in [5.41, 5.74) is 3.98. The van der Waals surface area contributed by atoms with E-state index in [9.17, 15) is 0 Å². The van der Waals surface area contributed by atoms with E-state index in [2.05, 4.69) is 5.43 Å². The number of nitrogens with one attached hydrogen (secondary N) is 1. The van der Waals surface area contributed by atoms with Crippen LogP contribution in [0.15, 0.2) is 18.2 Å². The molecule has 1 aromatic rings. The van der Waals surface area contributed by atoms with E-state index in [0.717, 1.165) is 12.0 Å². The monoisotopic (exact) mass is 290 g/mol. The molecule has 0 spiro atoms. The van der Waals surface area contributed by atoms with E-state index in [1.54, 1.807) is 0 Å². The van der Waals surface area contributed by atoms with Crippen molar-refractivity contribution in [2.75, 3.05) is 5.75 Å². The largest absolute Gasteiger partial charge is 0.271 e. The lowest BCUT2D eigenvalue weighted by molar-refractivity contribution is 0.496. The topological polar surface area (TPSA) is 38.0 Å². The number of hydrogen-bond donors (Lipinski definition) is 2. The van der Waals surface area contributed by atoms with Crippen LogP contribution in [-0.4, -0.2) is 17.0 Å². The van der Waals surface area contributed by atoms with Crippen LogP contribution in [0.4, 0.5) is 0 Å². The fourth-order valence-corrected chi connectivity index (χ4v) is 3.93. The standard InChI is InChI=1S/C12H16Cl2N2S/c13-9-4-1-3-8(12(9)14)7-10(16-15)11-5-2-6-17-11/h1,3-4,10-11,16H,2,5-7,15H2. The van der Waals surface area contributed by atoms with Gasteiger partial charge in [-0.1, -0.05) is 35.3 Å². The zero-order valence-electron chi connectivity index (χ0n) is 9.46. The van der Waals surface area contributed by atoms with E-state index in [-0.39, 0.29) is 6.04 Å². The van der Waals surface area contributed by atoms with Crippen LogP contribution in [0.5, 0.6) is 0 Å². The molecule has 0 amide bonds. The fourth-order valence-electron chi connectivity index (χ4n) is 2.16. The Balaban J connectivity index is 2.09. The van der Waals surface area contributed by atoms with E-state index in [0.29, 0.717) is 15.3 Å². The first-order chi connectivity index (χ1) is 8.22. The van der Waals surface area contributed by atoms with Gasteiger partial charge in [-0.05, 0) is 36.6 Å². The van der Waals surface area contributed by atoms with Crippen molar-refractivity contribution in [1.29, 1.82) is 0 Å². The van der Waals surface area contributed by atoms with Gasteiger partial charge in [0.1, 0.15) is 0 Å². The first-order valence-corrected chi connectivity index (χ1v) is 7.53. The van der Waals surface area contributed by atoms with Crippen LogP contribution in [0, 0.1) is 0 Å². The Hall–Kier alpha value is 0.0700. The van der Waals surface area contributed by atoms with Crippen molar-refractivity contribution in [3.05, 3.63) is 33.8 Å². The Morgan fingerprint density at radius 3 is 2.94 bits per heavy atom. The molecule has 1 aromatic carbocycles. The molecule has 0 radical (unpaired) electrons. The molecule has 94 valence electrons. The molecule has 0 saturated carbocycles. The van der Waals surface area contributed by atoms with Gasteiger partial charge in [0.15, 0.2) is 0 Å². The molecule has 2 rings (SSSR count). The Morgan fingerprint density at radius 1 is 1.47 bits per heavy atom. The Morgan fingerprint density at radius 2 is 2.29 bits per heavy atom. The molecule has 3 N–H and O–H groups in total. The summed E-state index contributed by atoms with van der Waals surface area (Å²) in [6.07, 6.45) is 3.32. The van der Waals surface area contributed by atoms with Crippen LogP contribution in [0.1, 0.15) is 18.4 Å². The van der Waals surface area contributed by atoms with Crippen molar-refractivity contribution in [2.45, 2.75) is 30.6 Å². The Bertz CT molecular complexity index is 381. The average Bonchev–Trinajstić information content (AvgIpc) is 2.85. The average molecular weight is 291 g/mol. The fraction of sp³-hybridized carbons (Fsp3) is 0.500. The van der Waals surface area contributed by atoms with Gasteiger partial charge < -0.3 is 0 Å². The highest BCUT2D eigenvalue weighted by molar-refractivity contribution is 8.00. The molecule has 5 heteroatoms. The second kappa shape index (κ2) is 6.30. The first-order valence-electron chi connectivity index (χ1n) is 5.73. The summed E-state index contributed by atoms with van der Waals surface area (Å²) in [7, 11) is 0. The van der Waals surface area contributed by atoms with Crippen molar-refractivity contribution in [3.63, 3.8) is 0 Å². The minimum absolute atomic E-state index is 0.262. The summed E-state index contributed by atoms with van der Waals surface area (Å²) < 4.78 is 0. The third-order valence-corrected chi connectivity index (χ3v) is 5.47. The zero-order chi connectivity index (χ0) is 12.3. The number of nitrogens with two attached hydrogens (primary N) is 1.